The largest absolute Gasteiger partial charge is 0.455 e. The van der Waals surface area contributed by atoms with Crippen molar-refractivity contribution in [3.8, 4) is 0 Å². The molecular weight excluding hydrogens is 684 g/mol. The van der Waals surface area contributed by atoms with Gasteiger partial charge in [-0.15, -0.1) is 0 Å². The average Bonchev–Trinajstić information content (AvgIpc) is 3.68. The van der Waals surface area contributed by atoms with Gasteiger partial charge in [0.1, 0.15) is 22.8 Å². The van der Waals surface area contributed by atoms with Crippen LogP contribution in [0.3, 0.4) is 0 Å². The maximum Gasteiger partial charge on any atom is 0.449 e. The van der Waals surface area contributed by atoms with Gasteiger partial charge in [-0.25, -0.2) is 14.0 Å². The smallest absolute Gasteiger partial charge is 0.449 e. The van der Waals surface area contributed by atoms with Crippen molar-refractivity contribution in [1.29, 1.82) is 0 Å². The summed E-state index contributed by atoms with van der Waals surface area (Å²) in [5.41, 5.74) is -0.140. The summed E-state index contributed by atoms with van der Waals surface area (Å²) in [6.07, 6.45) is -4.72. The maximum atomic E-state index is 15.2. The van der Waals surface area contributed by atoms with E-state index in [9.17, 15) is 27.6 Å². The van der Waals surface area contributed by atoms with Crippen LogP contribution in [0.2, 0.25) is 0 Å². The van der Waals surface area contributed by atoms with Crippen molar-refractivity contribution < 1.29 is 36.2 Å². The van der Waals surface area contributed by atoms with Gasteiger partial charge in [-0.1, -0.05) is 42.0 Å². The number of rotatable bonds is 8. The minimum atomic E-state index is -4.59. The van der Waals surface area contributed by atoms with Gasteiger partial charge < -0.3 is 19.2 Å². The highest BCUT2D eigenvalue weighted by Gasteiger charge is 2.47. The molecule has 1 spiro atoms. The second-order valence-electron chi connectivity index (χ2n) is 14.6. The number of alkyl halides is 3. The maximum absolute atomic E-state index is 15.2. The highest BCUT2D eigenvalue weighted by atomic mass is 19.4. The van der Waals surface area contributed by atoms with Crippen LogP contribution in [0.4, 0.5) is 22.4 Å². The normalized spacial score (nSPS) is 16.6. The van der Waals surface area contributed by atoms with Crippen LogP contribution in [0.5, 0.6) is 0 Å². The van der Waals surface area contributed by atoms with Gasteiger partial charge >= 0.3 is 18.0 Å². The van der Waals surface area contributed by atoms with Gasteiger partial charge in [0.15, 0.2) is 0 Å². The lowest BCUT2D eigenvalue weighted by molar-refractivity contribution is -0.153. The zero-order valence-electron chi connectivity index (χ0n) is 29.7. The van der Waals surface area contributed by atoms with Crippen molar-refractivity contribution in [3.05, 3.63) is 126 Å². The van der Waals surface area contributed by atoms with E-state index in [4.69, 9.17) is 13.9 Å². The highest BCUT2D eigenvalue weighted by Crippen LogP contribution is 2.43. The first-order chi connectivity index (χ1) is 24.4. The Hall–Kier alpha value is -4.69. The van der Waals surface area contributed by atoms with Crippen LogP contribution >= 0.6 is 0 Å². The minimum Gasteiger partial charge on any atom is -0.455 e. The summed E-state index contributed by atoms with van der Waals surface area (Å²) >= 11 is 0. The number of likely N-dealkylation sites (tertiary alicyclic amines) is 1. The molecule has 2 aliphatic heterocycles. The summed E-state index contributed by atoms with van der Waals surface area (Å²) in [6.45, 7) is 9.15. The topological polar surface area (TPSA) is 108 Å². The molecule has 1 fully saturated rings. The summed E-state index contributed by atoms with van der Waals surface area (Å²) in [4.78, 5) is 44.1. The molecule has 6 rings (SSSR count). The average molecular weight is 727 g/mol. The fraction of sp³-hybridized carbons (Fsp3) is 0.447. The van der Waals surface area contributed by atoms with Gasteiger partial charge in [0.25, 0.3) is 5.56 Å². The summed E-state index contributed by atoms with van der Waals surface area (Å²) < 4.78 is 74.0. The Morgan fingerprint density at radius 2 is 1.69 bits per heavy atom. The quantitative estimate of drug-likeness (QED) is 0.201. The third-order valence-corrected chi connectivity index (χ3v) is 9.63. The van der Waals surface area contributed by atoms with Gasteiger partial charge in [-0.2, -0.15) is 13.2 Å². The third kappa shape index (κ3) is 7.73. The number of ether oxygens (including phenoxy) is 2. The van der Waals surface area contributed by atoms with Crippen LogP contribution in [0.25, 0.3) is 0 Å². The number of piperidine rings is 1. The number of halogens is 4. The van der Waals surface area contributed by atoms with E-state index in [1.165, 1.54) is 16.7 Å². The molecule has 2 aromatic heterocycles. The molecule has 4 heterocycles. The Morgan fingerprint density at radius 1 is 0.981 bits per heavy atom. The number of aromatic nitrogens is 2. The van der Waals surface area contributed by atoms with Crippen LogP contribution in [0, 0.1) is 19.7 Å². The van der Waals surface area contributed by atoms with Crippen molar-refractivity contribution >= 4 is 6.09 Å². The predicted molar refractivity (Wildman–Crippen MR) is 183 cm³/mol. The summed E-state index contributed by atoms with van der Waals surface area (Å²) in [6, 6.07) is 13.3. The van der Waals surface area contributed by atoms with Gasteiger partial charge in [0, 0.05) is 18.7 Å². The fourth-order valence-corrected chi connectivity index (χ4v) is 7.03. The van der Waals surface area contributed by atoms with Crippen LogP contribution in [0.15, 0.2) is 68.6 Å². The number of fused-ring (bicyclic) bond motifs is 2. The van der Waals surface area contributed by atoms with Gasteiger partial charge in [0.05, 0.1) is 43.5 Å². The van der Waals surface area contributed by atoms with Crippen molar-refractivity contribution in [2.45, 2.75) is 97.1 Å². The van der Waals surface area contributed by atoms with Gasteiger partial charge in [-0.05, 0) is 76.8 Å². The highest BCUT2D eigenvalue weighted by molar-refractivity contribution is 5.68. The molecule has 1 unspecified atom stereocenters. The van der Waals surface area contributed by atoms with Crippen LogP contribution in [-0.2, 0) is 47.5 Å². The zero-order valence-corrected chi connectivity index (χ0v) is 29.7. The molecule has 4 aromatic rings. The Kier molecular flexibility index (Phi) is 10.0. The number of hydrogen-bond donors (Lipinski definition) is 1. The molecule has 0 radical (unpaired) electrons. The van der Waals surface area contributed by atoms with E-state index >= 15 is 4.39 Å². The molecule has 0 saturated carbocycles. The molecule has 52 heavy (non-hydrogen) atoms. The second-order valence-corrected chi connectivity index (χ2v) is 14.6. The predicted octanol–water partition coefficient (Wildman–Crippen LogP) is 6.71. The Bertz CT molecular complexity index is 2070. The Morgan fingerprint density at radius 3 is 2.33 bits per heavy atom. The monoisotopic (exact) mass is 726 g/mol. The third-order valence-electron chi connectivity index (χ3n) is 9.63. The lowest BCUT2D eigenvalue weighted by Crippen LogP contribution is -2.50. The van der Waals surface area contributed by atoms with Crippen molar-refractivity contribution in [2.75, 3.05) is 13.1 Å². The van der Waals surface area contributed by atoms with E-state index in [0.29, 0.717) is 42.8 Å². The number of nitrogens with one attached hydrogen (secondary N) is 1. The van der Waals surface area contributed by atoms with E-state index in [2.05, 4.69) is 5.32 Å². The summed E-state index contributed by atoms with van der Waals surface area (Å²) in [5.74, 6) is -1.42. The summed E-state index contributed by atoms with van der Waals surface area (Å²) in [7, 11) is 0. The Labute approximate surface area is 297 Å². The minimum absolute atomic E-state index is 0.0707. The Balaban J connectivity index is 1.40. The fourth-order valence-electron chi connectivity index (χ4n) is 7.03. The van der Waals surface area contributed by atoms with Crippen LogP contribution < -0.4 is 16.6 Å². The molecule has 10 nitrogen and oxygen atoms in total. The molecule has 278 valence electrons. The lowest BCUT2D eigenvalue weighted by Gasteiger charge is -2.38. The van der Waals surface area contributed by atoms with Gasteiger partial charge in [0.2, 0.25) is 5.76 Å². The number of furan rings is 1. The lowest BCUT2D eigenvalue weighted by atomic mass is 9.85. The number of carbonyl (C=O) groups is 1. The van der Waals surface area contributed by atoms with Crippen LogP contribution in [0.1, 0.15) is 84.7 Å². The molecule has 1 saturated heterocycles. The number of carbonyl (C=O) groups excluding carboxylic acids is 1. The first kappa shape index (κ1) is 37.1. The van der Waals surface area contributed by atoms with E-state index in [-0.39, 0.29) is 43.1 Å². The van der Waals surface area contributed by atoms with E-state index in [0.717, 1.165) is 16.2 Å². The number of amides is 1. The molecule has 1 amide bonds. The van der Waals surface area contributed by atoms with Crippen LogP contribution in [-0.4, -0.2) is 38.8 Å². The first-order valence-electron chi connectivity index (χ1n) is 17.1. The molecule has 14 heteroatoms. The van der Waals surface area contributed by atoms with Crippen molar-refractivity contribution in [3.63, 3.8) is 0 Å². The van der Waals surface area contributed by atoms with Crippen molar-refractivity contribution in [1.82, 2.24) is 19.4 Å². The molecule has 0 bridgehead atoms. The molecule has 1 atom stereocenters. The molecular formula is C38H42F4N4O6. The number of hydrogen-bond acceptors (Lipinski definition) is 7. The van der Waals surface area contributed by atoms with E-state index in [1.54, 1.807) is 45.9 Å². The van der Waals surface area contributed by atoms with Gasteiger partial charge in [-0.3, -0.25) is 18.8 Å². The number of nitrogens with zero attached hydrogens (tertiary/aromatic N) is 3. The molecule has 2 aliphatic rings. The number of alkyl carbamates (subject to hydrolysis) is 1. The second kappa shape index (κ2) is 14.0. The standard InChI is InChI=1S/C38H42F4N4O6/c1-23-8-6-10-25(18-23)29(43-34(48)52-36(3,4)5)21-46-33(47)32-30(45(35(46)49)20-27-24(2)9-7-11-28(27)39)22-50-37(32)14-16-44(17-15-37)19-26-12-13-31(51-26)38(40,41)42/h6-13,18,29H,14-17,19-22H2,1-5H3,(H,43,48). The van der Waals surface area contributed by atoms with E-state index < -0.39 is 52.3 Å². The zero-order chi connectivity index (χ0) is 37.6. The van der Waals surface area contributed by atoms with Crippen molar-refractivity contribution in [2.24, 2.45) is 0 Å². The SMILES string of the molecule is Cc1cccc(C(Cn2c(=O)c3c(n(Cc4c(C)cccc4F)c2=O)COC32CCN(Cc3ccc(C(F)(F)F)o3)CC2)NC(=O)OC(C)(C)C)c1. The summed E-state index contributed by atoms with van der Waals surface area (Å²) in [5, 5.41) is 2.84. The molecule has 0 aliphatic carbocycles. The number of benzene rings is 2. The first-order valence-corrected chi connectivity index (χ1v) is 17.1. The number of aryl methyl sites for hydroxylation is 2. The molecule has 2 aromatic carbocycles. The molecule has 1 N–H and O–H groups in total. The van der Waals surface area contributed by atoms with E-state index in [1.807, 2.05) is 30.0 Å².